The molecule has 0 radical (unpaired) electrons. The topological polar surface area (TPSA) is 56.1 Å². The number of rotatable bonds is 7. The summed E-state index contributed by atoms with van der Waals surface area (Å²) in [4.78, 5) is 16.8. The molecule has 0 spiro atoms. The normalized spacial score (nSPS) is 11.0. The molecule has 0 bridgehead atoms. The second kappa shape index (κ2) is 8.53. The maximum atomic E-state index is 13.2. The third kappa shape index (κ3) is 4.35. The summed E-state index contributed by atoms with van der Waals surface area (Å²) in [6, 6.07) is 11.9. The number of anilines is 1. The average molecular weight is 394 g/mol. The Kier molecular flexibility index (Phi) is 6.13. The molecule has 1 aromatic heterocycles. The van der Waals surface area contributed by atoms with Gasteiger partial charge in [-0.2, -0.15) is 0 Å². The number of nitrogens with zero attached hydrogens (tertiary/aromatic N) is 2. The zero-order chi connectivity index (χ0) is 18.5. The molecule has 3 rings (SSSR count). The van der Waals surface area contributed by atoms with Gasteiger partial charge in [0.1, 0.15) is 5.82 Å². The number of aromatic nitrogens is 2. The van der Waals surface area contributed by atoms with Crippen molar-refractivity contribution in [2.45, 2.75) is 11.7 Å². The summed E-state index contributed by atoms with van der Waals surface area (Å²) < 4.78 is 20.4. The van der Waals surface area contributed by atoms with Crippen LogP contribution in [0.4, 0.5) is 10.1 Å². The van der Waals surface area contributed by atoms with Crippen LogP contribution < -0.4 is 5.32 Å². The maximum absolute atomic E-state index is 13.2. The van der Waals surface area contributed by atoms with E-state index in [1.165, 1.54) is 30.0 Å². The van der Waals surface area contributed by atoms with E-state index < -0.39 is 5.82 Å². The summed E-state index contributed by atoms with van der Waals surface area (Å²) in [5, 5.41) is 3.42. The number of nitrogens with one attached hydrogen (secondary N) is 1. The van der Waals surface area contributed by atoms with E-state index in [1.54, 1.807) is 7.11 Å². The lowest BCUT2D eigenvalue weighted by atomic mass is 10.3. The van der Waals surface area contributed by atoms with Crippen LogP contribution in [-0.2, 0) is 16.1 Å². The summed E-state index contributed by atoms with van der Waals surface area (Å²) in [6.45, 7) is 1.20. The molecule has 2 aromatic carbocycles. The largest absolute Gasteiger partial charge is 0.383 e. The molecule has 0 aliphatic heterocycles. The van der Waals surface area contributed by atoms with Crippen molar-refractivity contribution in [1.29, 1.82) is 0 Å². The molecule has 3 aromatic rings. The molecule has 1 amide bonds. The van der Waals surface area contributed by atoms with Crippen LogP contribution in [0.2, 0.25) is 5.02 Å². The number of halogens is 2. The van der Waals surface area contributed by atoms with E-state index >= 15 is 0 Å². The highest BCUT2D eigenvalue weighted by molar-refractivity contribution is 7.99. The van der Waals surface area contributed by atoms with Crippen molar-refractivity contribution >= 4 is 46.0 Å². The smallest absolute Gasteiger partial charge is 0.234 e. The van der Waals surface area contributed by atoms with Gasteiger partial charge in [0.05, 0.1) is 28.4 Å². The van der Waals surface area contributed by atoms with Gasteiger partial charge in [-0.1, -0.05) is 35.5 Å². The first kappa shape index (κ1) is 18.7. The van der Waals surface area contributed by atoms with Gasteiger partial charge in [0.25, 0.3) is 0 Å². The predicted octanol–water partition coefficient (Wildman–Crippen LogP) is 4.21. The summed E-state index contributed by atoms with van der Waals surface area (Å²) in [6.07, 6.45) is 0. The number of hydrogen-bond donors (Lipinski definition) is 1. The lowest BCUT2D eigenvalue weighted by Crippen LogP contribution is -2.15. The molecule has 26 heavy (non-hydrogen) atoms. The number of ether oxygens (including phenoxy) is 1. The highest BCUT2D eigenvalue weighted by atomic mass is 35.5. The molecular weight excluding hydrogens is 377 g/mol. The average Bonchev–Trinajstić information content (AvgIpc) is 2.99. The molecule has 136 valence electrons. The van der Waals surface area contributed by atoms with Crippen molar-refractivity contribution in [3.8, 4) is 0 Å². The van der Waals surface area contributed by atoms with Crippen molar-refractivity contribution in [2.24, 2.45) is 0 Å². The van der Waals surface area contributed by atoms with Crippen molar-refractivity contribution in [3.63, 3.8) is 0 Å². The van der Waals surface area contributed by atoms with Crippen molar-refractivity contribution < 1.29 is 13.9 Å². The summed E-state index contributed by atoms with van der Waals surface area (Å²) >= 11 is 7.06. The minimum Gasteiger partial charge on any atom is -0.383 e. The first-order chi connectivity index (χ1) is 12.6. The number of hydrogen-bond acceptors (Lipinski definition) is 4. The number of amides is 1. The van der Waals surface area contributed by atoms with Gasteiger partial charge in [-0.15, -0.1) is 0 Å². The molecule has 1 heterocycles. The highest BCUT2D eigenvalue weighted by Crippen LogP contribution is 2.25. The van der Waals surface area contributed by atoms with Crippen LogP contribution in [0.3, 0.4) is 0 Å². The van der Waals surface area contributed by atoms with E-state index in [4.69, 9.17) is 16.3 Å². The molecule has 5 nitrogen and oxygen atoms in total. The Morgan fingerprint density at radius 2 is 2.15 bits per heavy atom. The van der Waals surface area contributed by atoms with Gasteiger partial charge < -0.3 is 14.6 Å². The summed E-state index contributed by atoms with van der Waals surface area (Å²) in [7, 11) is 1.65. The third-order valence-electron chi connectivity index (χ3n) is 3.67. The minimum atomic E-state index is -0.522. The Labute approximate surface area is 159 Å². The van der Waals surface area contributed by atoms with Gasteiger partial charge in [0.15, 0.2) is 5.16 Å². The zero-order valence-electron chi connectivity index (χ0n) is 14.0. The number of methoxy groups -OCH3 is 1. The van der Waals surface area contributed by atoms with Crippen LogP contribution in [0, 0.1) is 5.82 Å². The Bertz CT molecular complexity index is 932. The van der Waals surface area contributed by atoms with Crippen molar-refractivity contribution in [3.05, 3.63) is 53.3 Å². The molecule has 0 unspecified atom stereocenters. The predicted molar refractivity (Wildman–Crippen MR) is 102 cm³/mol. The van der Waals surface area contributed by atoms with E-state index in [2.05, 4.69) is 10.3 Å². The van der Waals surface area contributed by atoms with Crippen LogP contribution >= 0.6 is 23.4 Å². The van der Waals surface area contributed by atoms with E-state index in [1.807, 2.05) is 28.8 Å². The Morgan fingerprint density at radius 1 is 1.35 bits per heavy atom. The molecule has 0 atom stereocenters. The molecule has 0 fully saturated rings. The van der Waals surface area contributed by atoms with Gasteiger partial charge in [-0.3, -0.25) is 4.79 Å². The van der Waals surface area contributed by atoms with Crippen LogP contribution in [0.1, 0.15) is 0 Å². The summed E-state index contributed by atoms with van der Waals surface area (Å²) in [5.41, 5.74) is 2.32. The van der Waals surface area contributed by atoms with Gasteiger partial charge in [0.2, 0.25) is 5.91 Å². The monoisotopic (exact) mass is 393 g/mol. The number of para-hydroxylation sites is 2. The standard InChI is InChI=1S/C18H17ClFN3O2S/c1-25-9-8-23-16-5-3-2-4-15(16)22-18(23)26-11-17(24)21-12-6-7-14(20)13(19)10-12/h2-7,10H,8-9,11H2,1H3,(H,21,24). The van der Waals surface area contributed by atoms with Crippen LogP contribution in [0.25, 0.3) is 11.0 Å². The quantitative estimate of drug-likeness (QED) is 0.611. The van der Waals surface area contributed by atoms with E-state index in [9.17, 15) is 9.18 Å². The molecule has 8 heteroatoms. The number of carbonyl (C=O) groups is 1. The second-order valence-electron chi connectivity index (χ2n) is 5.49. The first-order valence-corrected chi connectivity index (χ1v) is 9.26. The molecular formula is C18H17ClFN3O2S. The van der Waals surface area contributed by atoms with E-state index in [-0.39, 0.29) is 16.7 Å². The molecule has 0 saturated carbocycles. The number of carbonyl (C=O) groups excluding carboxylic acids is 1. The van der Waals surface area contributed by atoms with Crippen LogP contribution in [0.5, 0.6) is 0 Å². The Balaban J connectivity index is 1.70. The minimum absolute atomic E-state index is 0.0307. The molecule has 0 aliphatic rings. The van der Waals surface area contributed by atoms with Crippen LogP contribution in [-0.4, -0.2) is 34.9 Å². The number of thioether (sulfide) groups is 1. The van der Waals surface area contributed by atoms with Gasteiger partial charge in [-0.25, -0.2) is 9.37 Å². The van der Waals surface area contributed by atoms with Gasteiger partial charge in [-0.05, 0) is 30.3 Å². The Morgan fingerprint density at radius 3 is 2.92 bits per heavy atom. The lowest BCUT2D eigenvalue weighted by molar-refractivity contribution is -0.113. The van der Waals surface area contributed by atoms with Crippen molar-refractivity contribution in [1.82, 2.24) is 9.55 Å². The lowest BCUT2D eigenvalue weighted by Gasteiger charge is -2.09. The van der Waals surface area contributed by atoms with Gasteiger partial charge in [0, 0.05) is 19.3 Å². The maximum Gasteiger partial charge on any atom is 0.234 e. The van der Waals surface area contributed by atoms with Crippen molar-refractivity contribution in [2.75, 3.05) is 24.8 Å². The highest BCUT2D eigenvalue weighted by Gasteiger charge is 2.13. The number of benzene rings is 2. The number of fused-ring (bicyclic) bond motifs is 1. The SMILES string of the molecule is COCCn1c(SCC(=O)Nc2ccc(F)c(Cl)c2)nc2ccccc21. The van der Waals surface area contributed by atoms with Crippen LogP contribution in [0.15, 0.2) is 47.6 Å². The fraction of sp³-hybridized carbons (Fsp3) is 0.222. The van der Waals surface area contributed by atoms with E-state index in [0.29, 0.717) is 18.8 Å². The molecule has 0 aliphatic carbocycles. The first-order valence-electron chi connectivity index (χ1n) is 7.90. The van der Waals surface area contributed by atoms with Gasteiger partial charge >= 0.3 is 0 Å². The van der Waals surface area contributed by atoms with E-state index in [0.717, 1.165) is 16.2 Å². The zero-order valence-corrected chi connectivity index (χ0v) is 15.6. The molecule has 1 N–H and O–H groups in total. The fourth-order valence-corrected chi connectivity index (χ4v) is 3.48. The second-order valence-corrected chi connectivity index (χ2v) is 6.84. The third-order valence-corrected chi connectivity index (χ3v) is 4.94. The summed E-state index contributed by atoms with van der Waals surface area (Å²) in [5.74, 6) is -0.570. The fourth-order valence-electron chi connectivity index (χ4n) is 2.46. The Hall–Kier alpha value is -2.09. The number of imidazole rings is 1. The molecule has 0 saturated heterocycles.